The molecule has 0 aliphatic heterocycles. The number of hydrogen-bond donors (Lipinski definition) is 2. The fourth-order valence-electron chi connectivity index (χ4n) is 2.52. The highest BCUT2D eigenvalue weighted by Crippen LogP contribution is 2.25. The molecule has 0 aliphatic rings. The predicted octanol–water partition coefficient (Wildman–Crippen LogP) is 3.28. The molecule has 0 aliphatic carbocycles. The molecule has 0 amide bonds. The van der Waals surface area contributed by atoms with E-state index in [0.29, 0.717) is 5.75 Å². The molecule has 3 aromatic rings. The number of aliphatic hydroxyl groups excluding tert-OH is 1. The highest BCUT2D eigenvalue weighted by molar-refractivity contribution is 5.83. The fourth-order valence-corrected chi connectivity index (χ4v) is 2.52. The highest BCUT2D eigenvalue weighted by Gasteiger charge is 2.21. The maximum Gasteiger partial charge on any atom is 0.141 e. The lowest BCUT2D eigenvalue weighted by Gasteiger charge is -2.23. The first-order valence-electron chi connectivity index (χ1n) is 7.36. The van der Waals surface area contributed by atoms with Gasteiger partial charge in [-0.05, 0) is 28.5 Å². The van der Waals surface area contributed by atoms with Crippen molar-refractivity contribution in [3.05, 3.63) is 78.4 Å². The Morgan fingerprint density at radius 2 is 1.55 bits per heavy atom. The van der Waals surface area contributed by atoms with Crippen molar-refractivity contribution in [1.82, 2.24) is 0 Å². The van der Waals surface area contributed by atoms with Gasteiger partial charge in [0.1, 0.15) is 18.0 Å². The molecule has 0 spiro atoms. The molecule has 0 saturated carbocycles. The molecule has 3 rings (SSSR count). The molecule has 0 radical (unpaired) electrons. The summed E-state index contributed by atoms with van der Waals surface area (Å²) < 4.78 is 5.91. The Kier molecular flexibility index (Phi) is 4.37. The van der Waals surface area contributed by atoms with Crippen molar-refractivity contribution < 1.29 is 9.84 Å². The van der Waals surface area contributed by atoms with Gasteiger partial charge in [0.2, 0.25) is 0 Å². The van der Waals surface area contributed by atoms with E-state index >= 15 is 0 Å². The minimum absolute atomic E-state index is 0.239. The molecule has 0 fully saturated rings. The van der Waals surface area contributed by atoms with Crippen LogP contribution in [0.1, 0.15) is 11.7 Å². The number of fused-ring (bicyclic) bond motifs is 1. The van der Waals surface area contributed by atoms with Gasteiger partial charge in [-0.1, -0.05) is 60.7 Å². The van der Waals surface area contributed by atoms with Crippen LogP contribution in [0.3, 0.4) is 0 Å². The molecule has 22 heavy (non-hydrogen) atoms. The molecule has 3 heteroatoms. The summed E-state index contributed by atoms with van der Waals surface area (Å²) in [7, 11) is 0. The molecule has 2 unspecified atom stereocenters. The molecular weight excluding hydrogens is 274 g/mol. The number of aliphatic hydroxyl groups is 1. The monoisotopic (exact) mass is 293 g/mol. The number of benzene rings is 3. The third-order valence-electron chi connectivity index (χ3n) is 3.73. The van der Waals surface area contributed by atoms with Gasteiger partial charge in [0.25, 0.3) is 0 Å². The average molecular weight is 293 g/mol. The maximum atomic E-state index is 10.4. The van der Waals surface area contributed by atoms with E-state index in [-0.39, 0.29) is 6.54 Å². The van der Waals surface area contributed by atoms with E-state index in [9.17, 15) is 5.11 Å². The smallest absolute Gasteiger partial charge is 0.141 e. The summed E-state index contributed by atoms with van der Waals surface area (Å²) in [6.45, 7) is 0.239. The van der Waals surface area contributed by atoms with Crippen molar-refractivity contribution in [1.29, 1.82) is 0 Å². The van der Waals surface area contributed by atoms with Gasteiger partial charge in [-0.2, -0.15) is 0 Å². The molecule has 3 aromatic carbocycles. The molecule has 112 valence electrons. The van der Waals surface area contributed by atoms with Crippen molar-refractivity contribution in [3.8, 4) is 5.75 Å². The van der Waals surface area contributed by atoms with Crippen LogP contribution in [-0.4, -0.2) is 17.8 Å². The van der Waals surface area contributed by atoms with Gasteiger partial charge in [-0.15, -0.1) is 0 Å². The highest BCUT2D eigenvalue weighted by atomic mass is 16.5. The molecule has 0 heterocycles. The summed E-state index contributed by atoms with van der Waals surface area (Å²) in [4.78, 5) is 0. The number of ether oxygens (including phenoxy) is 1. The Morgan fingerprint density at radius 1 is 0.864 bits per heavy atom. The van der Waals surface area contributed by atoms with Crippen LogP contribution in [-0.2, 0) is 0 Å². The van der Waals surface area contributed by atoms with Crippen molar-refractivity contribution in [2.75, 3.05) is 6.54 Å². The largest absolute Gasteiger partial charge is 0.486 e. The van der Waals surface area contributed by atoms with Crippen LogP contribution in [0.5, 0.6) is 5.75 Å². The van der Waals surface area contributed by atoms with Crippen LogP contribution < -0.4 is 10.5 Å². The van der Waals surface area contributed by atoms with Crippen LogP contribution in [0.15, 0.2) is 72.8 Å². The maximum absolute atomic E-state index is 10.4. The first kappa shape index (κ1) is 14.6. The van der Waals surface area contributed by atoms with Crippen molar-refractivity contribution in [3.63, 3.8) is 0 Å². The second-order valence-corrected chi connectivity index (χ2v) is 5.26. The van der Waals surface area contributed by atoms with Crippen LogP contribution in [0.4, 0.5) is 0 Å². The molecule has 0 bridgehead atoms. The van der Waals surface area contributed by atoms with Crippen LogP contribution in [0.25, 0.3) is 10.8 Å². The average Bonchev–Trinajstić information content (AvgIpc) is 2.59. The van der Waals surface area contributed by atoms with E-state index in [2.05, 4.69) is 6.07 Å². The zero-order valence-electron chi connectivity index (χ0n) is 12.2. The first-order chi connectivity index (χ1) is 10.8. The molecule has 3 N–H and O–H groups in total. The fraction of sp³-hybridized carbons (Fsp3) is 0.158. The van der Waals surface area contributed by atoms with Crippen molar-refractivity contribution in [2.24, 2.45) is 5.73 Å². The van der Waals surface area contributed by atoms with E-state index in [1.807, 2.05) is 66.7 Å². The summed E-state index contributed by atoms with van der Waals surface area (Å²) in [5.74, 6) is 0.712. The lowest BCUT2D eigenvalue weighted by molar-refractivity contribution is 0.0408. The van der Waals surface area contributed by atoms with E-state index in [1.165, 1.54) is 0 Å². The lowest BCUT2D eigenvalue weighted by atomic mass is 10.0. The zero-order chi connectivity index (χ0) is 15.4. The van der Waals surface area contributed by atoms with E-state index in [1.54, 1.807) is 0 Å². The van der Waals surface area contributed by atoms with Crippen LogP contribution in [0.2, 0.25) is 0 Å². The summed E-state index contributed by atoms with van der Waals surface area (Å²) >= 11 is 0. The summed E-state index contributed by atoms with van der Waals surface area (Å²) in [5, 5.41) is 12.7. The van der Waals surface area contributed by atoms with Crippen LogP contribution in [0, 0.1) is 0 Å². The molecule has 0 aromatic heterocycles. The van der Waals surface area contributed by atoms with Gasteiger partial charge in [0.15, 0.2) is 0 Å². The molecular formula is C19H19NO2. The van der Waals surface area contributed by atoms with Gasteiger partial charge in [-0.25, -0.2) is 0 Å². The molecule has 2 atom stereocenters. The van der Waals surface area contributed by atoms with Crippen molar-refractivity contribution in [2.45, 2.75) is 12.2 Å². The Hall–Kier alpha value is -2.36. The Morgan fingerprint density at radius 3 is 2.27 bits per heavy atom. The third-order valence-corrected chi connectivity index (χ3v) is 3.73. The predicted molar refractivity (Wildman–Crippen MR) is 88.8 cm³/mol. The van der Waals surface area contributed by atoms with Crippen LogP contribution >= 0.6 is 0 Å². The third kappa shape index (κ3) is 3.11. The lowest BCUT2D eigenvalue weighted by Crippen LogP contribution is -2.33. The van der Waals surface area contributed by atoms with Gasteiger partial charge in [0, 0.05) is 6.54 Å². The van der Waals surface area contributed by atoms with E-state index < -0.39 is 12.2 Å². The Balaban J connectivity index is 1.82. The quantitative estimate of drug-likeness (QED) is 0.759. The van der Waals surface area contributed by atoms with E-state index in [0.717, 1.165) is 16.3 Å². The zero-order valence-corrected chi connectivity index (χ0v) is 12.2. The normalized spacial score (nSPS) is 13.7. The second kappa shape index (κ2) is 6.60. The summed E-state index contributed by atoms with van der Waals surface area (Å²) in [6.07, 6.45) is -1.23. The van der Waals surface area contributed by atoms with Gasteiger partial charge in [-0.3, -0.25) is 0 Å². The summed E-state index contributed by atoms with van der Waals surface area (Å²) in [5.41, 5.74) is 6.59. The number of rotatable bonds is 5. The summed E-state index contributed by atoms with van der Waals surface area (Å²) in [6, 6.07) is 23.4. The Bertz CT molecular complexity index is 743. The SMILES string of the molecule is NCC(Oc1ccc2ccccc2c1)C(O)c1ccccc1. The van der Waals surface area contributed by atoms with Gasteiger partial charge >= 0.3 is 0 Å². The first-order valence-corrected chi connectivity index (χ1v) is 7.36. The molecule has 3 nitrogen and oxygen atoms in total. The van der Waals surface area contributed by atoms with Gasteiger partial charge < -0.3 is 15.6 Å². The minimum Gasteiger partial charge on any atom is -0.486 e. The Labute approximate surface area is 130 Å². The number of hydrogen-bond acceptors (Lipinski definition) is 3. The van der Waals surface area contributed by atoms with Gasteiger partial charge in [0.05, 0.1) is 0 Å². The van der Waals surface area contributed by atoms with Crippen molar-refractivity contribution >= 4 is 10.8 Å². The number of nitrogens with two attached hydrogens (primary N) is 1. The topological polar surface area (TPSA) is 55.5 Å². The molecule has 0 saturated heterocycles. The second-order valence-electron chi connectivity index (χ2n) is 5.26. The minimum atomic E-state index is -0.752. The van der Waals surface area contributed by atoms with E-state index in [4.69, 9.17) is 10.5 Å². The standard InChI is InChI=1S/C19H19NO2/c20-13-18(19(21)15-7-2-1-3-8-15)22-17-11-10-14-6-4-5-9-16(14)12-17/h1-12,18-19,21H,13,20H2.